The highest BCUT2D eigenvalue weighted by atomic mass is 16.5. The van der Waals surface area contributed by atoms with E-state index in [4.69, 9.17) is 9.47 Å². The summed E-state index contributed by atoms with van der Waals surface area (Å²) >= 11 is 0. The van der Waals surface area contributed by atoms with E-state index in [0.717, 1.165) is 18.6 Å². The number of hydrogen-bond acceptors (Lipinski definition) is 3. The van der Waals surface area contributed by atoms with Gasteiger partial charge in [-0.05, 0) is 31.4 Å². The number of amides is 1. The third kappa shape index (κ3) is 3.89. The molecule has 1 aromatic carbocycles. The van der Waals surface area contributed by atoms with Gasteiger partial charge in [0, 0.05) is 12.1 Å². The van der Waals surface area contributed by atoms with Gasteiger partial charge in [-0.2, -0.15) is 0 Å². The van der Waals surface area contributed by atoms with E-state index < -0.39 is 6.10 Å². The molecule has 0 radical (unpaired) electrons. The highest BCUT2D eigenvalue weighted by molar-refractivity contribution is 5.81. The zero-order valence-corrected chi connectivity index (χ0v) is 12.2. The van der Waals surface area contributed by atoms with Gasteiger partial charge in [0.05, 0.1) is 7.11 Å². The second-order valence-electron chi connectivity index (χ2n) is 5.18. The van der Waals surface area contributed by atoms with Crippen molar-refractivity contribution in [3.63, 3.8) is 0 Å². The highest BCUT2D eigenvalue weighted by Crippen LogP contribution is 2.21. The van der Waals surface area contributed by atoms with Gasteiger partial charge in [-0.3, -0.25) is 4.79 Å². The zero-order valence-electron chi connectivity index (χ0n) is 12.2. The first kappa shape index (κ1) is 14.7. The lowest BCUT2D eigenvalue weighted by Gasteiger charge is -2.20. The molecule has 1 saturated carbocycles. The normalized spacial score (nSPS) is 16.7. The lowest BCUT2D eigenvalue weighted by Crippen LogP contribution is -2.42. The number of benzene rings is 1. The van der Waals surface area contributed by atoms with Crippen LogP contribution in [-0.4, -0.2) is 25.2 Å². The standard InChI is InChI=1S/C16H23NO3/c1-3-15(16(18)17-12-7-4-5-8-12)20-14-10-6-9-13(11-14)19-2/h6,9-12,15H,3-5,7-8H2,1-2H3,(H,17,18). The first-order valence-electron chi connectivity index (χ1n) is 7.34. The van der Waals surface area contributed by atoms with Crippen LogP contribution in [0.25, 0.3) is 0 Å². The summed E-state index contributed by atoms with van der Waals surface area (Å²) in [5.41, 5.74) is 0. The Morgan fingerprint density at radius 1 is 1.35 bits per heavy atom. The number of methoxy groups -OCH3 is 1. The van der Waals surface area contributed by atoms with Gasteiger partial charge < -0.3 is 14.8 Å². The Hall–Kier alpha value is -1.71. The molecule has 4 heteroatoms. The quantitative estimate of drug-likeness (QED) is 0.869. The maximum atomic E-state index is 12.2. The molecule has 1 aliphatic rings. The van der Waals surface area contributed by atoms with Crippen molar-refractivity contribution in [2.75, 3.05) is 7.11 Å². The molecule has 4 nitrogen and oxygen atoms in total. The topological polar surface area (TPSA) is 47.6 Å². The largest absolute Gasteiger partial charge is 0.497 e. The van der Waals surface area contributed by atoms with Crippen LogP contribution in [0.2, 0.25) is 0 Å². The maximum Gasteiger partial charge on any atom is 0.261 e. The lowest BCUT2D eigenvalue weighted by atomic mass is 10.2. The molecule has 0 spiro atoms. The summed E-state index contributed by atoms with van der Waals surface area (Å²) in [6.45, 7) is 1.96. The zero-order chi connectivity index (χ0) is 14.4. The van der Waals surface area contributed by atoms with E-state index in [1.54, 1.807) is 13.2 Å². The first-order valence-corrected chi connectivity index (χ1v) is 7.34. The summed E-state index contributed by atoms with van der Waals surface area (Å²) in [6, 6.07) is 7.67. The summed E-state index contributed by atoms with van der Waals surface area (Å²) in [4.78, 5) is 12.2. The number of ether oxygens (including phenoxy) is 2. The second-order valence-corrected chi connectivity index (χ2v) is 5.18. The van der Waals surface area contributed by atoms with Crippen LogP contribution in [0.15, 0.2) is 24.3 Å². The van der Waals surface area contributed by atoms with E-state index in [0.29, 0.717) is 18.2 Å². The fraction of sp³-hybridized carbons (Fsp3) is 0.562. The van der Waals surface area contributed by atoms with Gasteiger partial charge in [-0.1, -0.05) is 25.8 Å². The van der Waals surface area contributed by atoms with Crippen molar-refractivity contribution in [3.8, 4) is 11.5 Å². The van der Waals surface area contributed by atoms with Crippen LogP contribution < -0.4 is 14.8 Å². The molecule has 0 saturated heterocycles. The van der Waals surface area contributed by atoms with Crippen molar-refractivity contribution in [1.29, 1.82) is 0 Å². The van der Waals surface area contributed by atoms with Crippen molar-refractivity contribution in [2.24, 2.45) is 0 Å². The summed E-state index contributed by atoms with van der Waals surface area (Å²) in [5, 5.41) is 3.08. The van der Waals surface area contributed by atoms with Crippen molar-refractivity contribution in [1.82, 2.24) is 5.32 Å². The molecule has 0 bridgehead atoms. The van der Waals surface area contributed by atoms with Crippen molar-refractivity contribution in [2.45, 2.75) is 51.2 Å². The van der Waals surface area contributed by atoms with Gasteiger partial charge in [0.1, 0.15) is 11.5 Å². The van der Waals surface area contributed by atoms with Crippen LogP contribution in [0.3, 0.4) is 0 Å². The Kier molecular flexibility index (Phi) is 5.27. The van der Waals surface area contributed by atoms with Gasteiger partial charge >= 0.3 is 0 Å². The van der Waals surface area contributed by atoms with Crippen LogP contribution in [0, 0.1) is 0 Å². The average Bonchev–Trinajstić information content (AvgIpc) is 2.97. The molecule has 1 fully saturated rings. The fourth-order valence-corrected chi connectivity index (χ4v) is 2.53. The molecule has 2 rings (SSSR count). The molecule has 0 aromatic heterocycles. The molecule has 20 heavy (non-hydrogen) atoms. The third-order valence-electron chi connectivity index (χ3n) is 3.68. The first-order chi connectivity index (χ1) is 9.72. The fourth-order valence-electron chi connectivity index (χ4n) is 2.53. The summed E-state index contributed by atoms with van der Waals surface area (Å²) in [7, 11) is 1.61. The summed E-state index contributed by atoms with van der Waals surface area (Å²) in [6.07, 6.45) is 4.79. The van der Waals surface area contributed by atoms with Crippen LogP contribution in [-0.2, 0) is 4.79 Å². The molecular weight excluding hydrogens is 254 g/mol. The SMILES string of the molecule is CCC(Oc1cccc(OC)c1)C(=O)NC1CCCC1. The minimum Gasteiger partial charge on any atom is -0.497 e. The van der Waals surface area contributed by atoms with Crippen LogP contribution in [0.1, 0.15) is 39.0 Å². The minimum atomic E-state index is -0.442. The molecule has 1 atom stereocenters. The van der Waals surface area contributed by atoms with Crippen molar-refractivity contribution >= 4 is 5.91 Å². The lowest BCUT2D eigenvalue weighted by molar-refractivity contribution is -0.128. The minimum absolute atomic E-state index is 0.0118. The van der Waals surface area contributed by atoms with Crippen LogP contribution >= 0.6 is 0 Å². The smallest absolute Gasteiger partial charge is 0.261 e. The van der Waals surface area contributed by atoms with E-state index in [1.807, 2.05) is 25.1 Å². The maximum absolute atomic E-state index is 12.2. The van der Waals surface area contributed by atoms with Gasteiger partial charge in [-0.25, -0.2) is 0 Å². The second kappa shape index (κ2) is 7.17. The molecule has 1 N–H and O–H groups in total. The van der Waals surface area contributed by atoms with Crippen molar-refractivity contribution < 1.29 is 14.3 Å². The number of carbonyl (C=O) groups is 1. The Morgan fingerprint density at radius 3 is 2.70 bits per heavy atom. The molecule has 1 aromatic rings. The van der Waals surface area contributed by atoms with E-state index in [2.05, 4.69) is 5.32 Å². The van der Waals surface area contributed by atoms with E-state index >= 15 is 0 Å². The van der Waals surface area contributed by atoms with E-state index in [-0.39, 0.29) is 5.91 Å². The van der Waals surface area contributed by atoms with Crippen molar-refractivity contribution in [3.05, 3.63) is 24.3 Å². The molecule has 1 unspecified atom stereocenters. The number of nitrogens with one attached hydrogen (secondary N) is 1. The summed E-state index contributed by atoms with van der Waals surface area (Å²) < 4.78 is 10.9. The Labute approximate surface area is 120 Å². The number of rotatable bonds is 6. The molecule has 0 aliphatic heterocycles. The molecule has 1 amide bonds. The van der Waals surface area contributed by atoms with Gasteiger partial charge in [0.15, 0.2) is 6.10 Å². The van der Waals surface area contributed by atoms with Gasteiger partial charge in [0.2, 0.25) is 0 Å². The monoisotopic (exact) mass is 277 g/mol. The summed E-state index contributed by atoms with van der Waals surface area (Å²) in [5.74, 6) is 1.38. The Bertz CT molecular complexity index is 441. The van der Waals surface area contributed by atoms with Gasteiger partial charge in [-0.15, -0.1) is 0 Å². The highest BCUT2D eigenvalue weighted by Gasteiger charge is 2.23. The van der Waals surface area contributed by atoms with E-state index in [9.17, 15) is 4.79 Å². The Morgan fingerprint density at radius 2 is 2.05 bits per heavy atom. The van der Waals surface area contributed by atoms with Gasteiger partial charge in [0.25, 0.3) is 5.91 Å². The number of carbonyl (C=O) groups excluding carboxylic acids is 1. The Balaban J connectivity index is 1.94. The third-order valence-corrected chi connectivity index (χ3v) is 3.68. The van der Waals surface area contributed by atoms with E-state index in [1.165, 1.54) is 12.8 Å². The van der Waals surface area contributed by atoms with Crippen LogP contribution in [0.5, 0.6) is 11.5 Å². The number of hydrogen-bond donors (Lipinski definition) is 1. The molecule has 110 valence electrons. The molecule has 1 aliphatic carbocycles. The predicted molar refractivity (Wildman–Crippen MR) is 78.1 cm³/mol. The predicted octanol–water partition coefficient (Wildman–Crippen LogP) is 2.91. The molecule has 0 heterocycles. The van der Waals surface area contributed by atoms with Crippen LogP contribution in [0.4, 0.5) is 0 Å². The molecular formula is C16H23NO3. The average molecular weight is 277 g/mol.